The monoisotopic (exact) mass is 482 g/mol. The van der Waals surface area contributed by atoms with E-state index in [4.69, 9.17) is 9.47 Å². The number of carbonyl (C=O) groups is 1. The summed E-state index contributed by atoms with van der Waals surface area (Å²) in [5.41, 5.74) is 1.43. The van der Waals surface area contributed by atoms with E-state index in [1.165, 1.54) is 29.7 Å². The highest BCUT2D eigenvalue weighted by Gasteiger charge is 2.24. The number of fused-ring (bicyclic) bond motifs is 1. The Kier molecular flexibility index (Phi) is 6.61. The number of thiazole rings is 1. The molecule has 33 heavy (non-hydrogen) atoms. The molecule has 0 fully saturated rings. The van der Waals surface area contributed by atoms with Crippen LogP contribution in [0.2, 0.25) is 0 Å². The van der Waals surface area contributed by atoms with Crippen LogP contribution < -0.4 is 14.5 Å². The summed E-state index contributed by atoms with van der Waals surface area (Å²) in [4.78, 5) is 28.5. The molecule has 0 saturated carbocycles. The van der Waals surface area contributed by atoms with E-state index in [0.29, 0.717) is 23.0 Å². The first-order valence-electron chi connectivity index (χ1n) is 9.78. The maximum Gasteiger partial charge on any atom is 0.324 e. The van der Waals surface area contributed by atoms with Crippen molar-refractivity contribution in [3.05, 3.63) is 75.2 Å². The van der Waals surface area contributed by atoms with Crippen molar-refractivity contribution in [1.29, 1.82) is 0 Å². The highest BCUT2D eigenvalue weighted by molar-refractivity contribution is 7.22. The minimum absolute atomic E-state index is 0.122. The molecule has 2 aromatic heterocycles. The number of benzene rings is 2. The molecule has 4 aromatic rings. The Bertz CT molecular complexity index is 1330. The number of ether oxygens (including phenoxy) is 2. The van der Waals surface area contributed by atoms with Crippen LogP contribution in [-0.4, -0.2) is 35.7 Å². The van der Waals surface area contributed by atoms with E-state index in [1.54, 1.807) is 19.2 Å². The SMILES string of the molecule is CCOc1ccc(/C=N/N(C(=O)c2ccc([N+](=O)[O-])s2)c2nc3ccc(OC)cc3s2)cc1. The second-order valence-electron chi connectivity index (χ2n) is 6.59. The second kappa shape index (κ2) is 9.76. The molecule has 0 aliphatic rings. The quantitative estimate of drug-likeness (QED) is 0.190. The van der Waals surface area contributed by atoms with Gasteiger partial charge >= 0.3 is 5.00 Å². The van der Waals surface area contributed by atoms with E-state index in [9.17, 15) is 14.9 Å². The number of nitro groups is 1. The van der Waals surface area contributed by atoms with Crippen LogP contribution in [0.5, 0.6) is 11.5 Å². The predicted molar refractivity (Wildman–Crippen MR) is 129 cm³/mol. The maximum absolute atomic E-state index is 13.3. The molecule has 0 unspecified atom stereocenters. The van der Waals surface area contributed by atoms with Crippen LogP contribution in [0.1, 0.15) is 22.2 Å². The molecule has 1 amide bonds. The van der Waals surface area contributed by atoms with Crippen LogP contribution in [0.25, 0.3) is 10.2 Å². The number of aromatic nitrogens is 1. The Morgan fingerprint density at radius 1 is 1.15 bits per heavy atom. The van der Waals surface area contributed by atoms with Crippen molar-refractivity contribution >= 4 is 55.1 Å². The number of amides is 1. The number of thiophene rings is 1. The zero-order valence-electron chi connectivity index (χ0n) is 17.6. The highest BCUT2D eigenvalue weighted by Crippen LogP contribution is 2.34. The molecular formula is C22H18N4O5S2. The zero-order valence-corrected chi connectivity index (χ0v) is 19.3. The Labute approximate surface area is 196 Å². The molecule has 168 valence electrons. The van der Waals surface area contributed by atoms with Gasteiger partial charge in [-0.2, -0.15) is 10.1 Å². The first-order chi connectivity index (χ1) is 16.0. The average Bonchev–Trinajstić information content (AvgIpc) is 3.47. The van der Waals surface area contributed by atoms with Crippen LogP contribution in [-0.2, 0) is 0 Å². The van der Waals surface area contributed by atoms with E-state index >= 15 is 0 Å². The van der Waals surface area contributed by atoms with Gasteiger partial charge in [-0.1, -0.05) is 22.7 Å². The van der Waals surface area contributed by atoms with E-state index in [2.05, 4.69) is 10.1 Å². The van der Waals surface area contributed by atoms with Crippen LogP contribution in [0, 0.1) is 10.1 Å². The van der Waals surface area contributed by atoms with Gasteiger partial charge in [0.05, 0.1) is 35.1 Å². The third kappa shape index (κ3) is 4.99. The van der Waals surface area contributed by atoms with Crippen molar-refractivity contribution < 1.29 is 19.2 Å². The lowest BCUT2D eigenvalue weighted by atomic mass is 10.2. The molecule has 0 spiro atoms. The first-order valence-corrected chi connectivity index (χ1v) is 11.4. The lowest BCUT2D eigenvalue weighted by Crippen LogP contribution is -2.24. The topological polar surface area (TPSA) is 107 Å². The van der Waals surface area contributed by atoms with Gasteiger partial charge < -0.3 is 9.47 Å². The van der Waals surface area contributed by atoms with Gasteiger partial charge in [0, 0.05) is 6.07 Å². The molecule has 11 heteroatoms. The summed E-state index contributed by atoms with van der Waals surface area (Å²) in [5.74, 6) is 0.886. The standard InChI is InChI=1S/C22H18N4O5S2/c1-3-31-15-6-4-14(5-7-15)13-23-25(21(27)18-10-11-20(32-18)26(28)29)22-24-17-9-8-16(30-2)12-19(17)33-22/h4-13H,3H2,1-2H3/b23-13+. The molecule has 0 N–H and O–H groups in total. The van der Waals surface area contributed by atoms with Crippen molar-refractivity contribution in [2.45, 2.75) is 6.92 Å². The predicted octanol–water partition coefficient (Wildman–Crippen LogP) is 5.35. The largest absolute Gasteiger partial charge is 0.497 e. The molecule has 4 rings (SSSR count). The smallest absolute Gasteiger partial charge is 0.324 e. The van der Waals surface area contributed by atoms with Crippen molar-refractivity contribution in [3.63, 3.8) is 0 Å². The van der Waals surface area contributed by atoms with Gasteiger partial charge in [0.2, 0.25) is 5.13 Å². The zero-order chi connectivity index (χ0) is 23.4. The number of hydrogen-bond acceptors (Lipinski definition) is 9. The highest BCUT2D eigenvalue weighted by atomic mass is 32.1. The average molecular weight is 483 g/mol. The van der Waals surface area contributed by atoms with E-state index < -0.39 is 10.8 Å². The van der Waals surface area contributed by atoms with Crippen molar-refractivity contribution in [3.8, 4) is 11.5 Å². The van der Waals surface area contributed by atoms with Gasteiger partial charge in [0.1, 0.15) is 16.4 Å². The van der Waals surface area contributed by atoms with Crippen LogP contribution in [0.3, 0.4) is 0 Å². The Morgan fingerprint density at radius 3 is 2.58 bits per heavy atom. The Morgan fingerprint density at radius 2 is 1.91 bits per heavy atom. The summed E-state index contributed by atoms with van der Waals surface area (Å²) in [5, 5.41) is 16.8. The Balaban J connectivity index is 1.71. The molecule has 0 bridgehead atoms. The fourth-order valence-electron chi connectivity index (χ4n) is 2.89. The third-order valence-corrected chi connectivity index (χ3v) is 6.47. The number of anilines is 1. The van der Waals surface area contributed by atoms with Gasteiger partial charge in [0.15, 0.2) is 0 Å². The van der Waals surface area contributed by atoms with Crippen molar-refractivity contribution in [2.24, 2.45) is 5.10 Å². The molecular weight excluding hydrogens is 464 g/mol. The van der Waals surface area contributed by atoms with E-state index in [1.807, 2.05) is 37.3 Å². The van der Waals surface area contributed by atoms with E-state index in [-0.39, 0.29) is 9.88 Å². The molecule has 0 saturated heterocycles. The number of methoxy groups -OCH3 is 1. The Hall–Kier alpha value is -3.83. The second-order valence-corrected chi connectivity index (χ2v) is 8.66. The maximum atomic E-state index is 13.3. The number of nitrogens with zero attached hydrogens (tertiary/aromatic N) is 4. The number of carbonyl (C=O) groups excluding carboxylic acids is 1. The molecule has 0 radical (unpaired) electrons. The first kappa shape index (κ1) is 22.4. The number of hydrogen-bond donors (Lipinski definition) is 0. The van der Waals surface area contributed by atoms with Gasteiger partial charge in [-0.15, -0.1) is 0 Å². The molecule has 2 heterocycles. The van der Waals surface area contributed by atoms with Gasteiger partial charge in [-0.25, -0.2) is 4.98 Å². The molecule has 0 aliphatic heterocycles. The lowest BCUT2D eigenvalue weighted by Gasteiger charge is -2.12. The van der Waals surface area contributed by atoms with Crippen LogP contribution in [0.15, 0.2) is 59.7 Å². The molecule has 0 aliphatic carbocycles. The number of rotatable bonds is 8. The summed E-state index contributed by atoms with van der Waals surface area (Å²) in [7, 11) is 1.57. The third-order valence-electron chi connectivity index (χ3n) is 4.45. The molecule has 9 nitrogen and oxygen atoms in total. The van der Waals surface area contributed by atoms with Gasteiger partial charge in [0.25, 0.3) is 5.91 Å². The minimum Gasteiger partial charge on any atom is -0.497 e. The molecule has 2 aromatic carbocycles. The van der Waals surface area contributed by atoms with E-state index in [0.717, 1.165) is 32.4 Å². The van der Waals surface area contributed by atoms with Crippen molar-refractivity contribution in [1.82, 2.24) is 4.98 Å². The minimum atomic E-state index is -0.529. The van der Waals surface area contributed by atoms with Crippen LogP contribution in [0.4, 0.5) is 10.1 Å². The molecule has 0 atom stereocenters. The van der Waals surface area contributed by atoms with Gasteiger partial charge in [-0.05, 0) is 61.0 Å². The summed E-state index contributed by atoms with van der Waals surface area (Å²) < 4.78 is 11.5. The van der Waals surface area contributed by atoms with Crippen molar-refractivity contribution in [2.75, 3.05) is 18.7 Å². The fraction of sp³-hybridized carbons (Fsp3) is 0.136. The van der Waals surface area contributed by atoms with Crippen LogP contribution >= 0.6 is 22.7 Å². The normalized spacial score (nSPS) is 11.1. The number of hydrazone groups is 1. The summed E-state index contributed by atoms with van der Waals surface area (Å²) in [6.45, 7) is 2.46. The summed E-state index contributed by atoms with van der Waals surface area (Å²) in [6.07, 6.45) is 1.53. The summed E-state index contributed by atoms with van der Waals surface area (Å²) >= 11 is 2.06. The summed E-state index contributed by atoms with van der Waals surface area (Å²) in [6, 6.07) is 15.4. The van der Waals surface area contributed by atoms with Gasteiger partial charge in [-0.3, -0.25) is 14.9 Å². The lowest BCUT2D eigenvalue weighted by molar-refractivity contribution is -0.380. The fourth-order valence-corrected chi connectivity index (χ4v) is 4.58.